The van der Waals surface area contributed by atoms with Crippen molar-refractivity contribution in [2.24, 2.45) is 0 Å². The Labute approximate surface area is 167 Å². The van der Waals surface area contributed by atoms with Gasteiger partial charge in [-0.05, 0) is 44.5 Å². The lowest BCUT2D eigenvalue weighted by Gasteiger charge is -2.33. The molecule has 1 aliphatic rings. The molecule has 5 heterocycles. The minimum atomic E-state index is -0.109. The van der Waals surface area contributed by atoms with Crippen molar-refractivity contribution in [3.63, 3.8) is 0 Å². The molecule has 0 spiro atoms. The van der Waals surface area contributed by atoms with Crippen molar-refractivity contribution < 1.29 is 0 Å². The third-order valence-electron chi connectivity index (χ3n) is 5.37. The van der Waals surface area contributed by atoms with E-state index in [4.69, 9.17) is 4.98 Å². The summed E-state index contributed by atoms with van der Waals surface area (Å²) < 4.78 is 3.36. The van der Waals surface area contributed by atoms with E-state index < -0.39 is 0 Å². The van der Waals surface area contributed by atoms with Crippen LogP contribution in [-0.2, 0) is 0 Å². The average molecular weight is 389 g/mol. The number of nitrogens with zero attached hydrogens (tertiary/aromatic N) is 6. The molecule has 0 amide bonds. The summed E-state index contributed by atoms with van der Waals surface area (Å²) in [5, 5.41) is 8.02. The lowest BCUT2D eigenvalue weighted by molar-refractivity contribution is 0.484. The zero-order valence-corrected chi connectivity index (χ0v) is 16.8. The number of imidazole rings is 1. The quantitative estimate of drug-likeness (QED) is 0.563. The van der Waals surface area contributed by atoms with Crippen LogP contribution in [-0.4, -0.2) is 49.7 Å². The number of anilines is 1. The van der Waals surface area contributed by atoms with Crippen molar-refractivity contribution in [3.05, 3.63) is 58.3 Å². The van der Waals surface area contributed by atoms with Crippen LogP contribution in [0.15, 0.2) is 41.5 Å². The van der Waals surface area contributed by atoms with Crippen LogP contribution in [0.2, 0.25) is 0 Å². The number of aromatic nitrogens is 5. The average Bonchev–Trinajstić information content (AvgIpc) is 3.07. The largest absolute Gasteiger partial charge is 0.368 e. The Balaban J connectivity index is 1.61. The molecule has 0 saturated carbocycles. The van der Waals surface area contributed by atoms with Crippen molar-refractivity contribution >= 4 is 17.0 Å². The van der Waals surface area contributed by atoms with Crippen LogP contribution in [0.3, 0.4) is 0 Å². The second kappa shape index (κ2) is 6.66. The van der Waals surface area contributed by atoms with Crippen LogP contribution in [0.5, 0.6) is 0 Å². The van der Waals surface area contributed by atoms with Gasteiger partial charge in [-0.25, -0.2) is 14.5 Å². The summed E-state index contributed by atoms with van der Waals surface area (Å²) in [5.74, 6) is 0. The number of nitrogens with one attached hydrogen (secondary N) is 1. The highest BCUT2D eigenvalue weighted by Crippen LogP contribution is 2.21. The number of aryl methyl sites for hydroxylation is 2. The van der Waals surface area contributed by atoms with Gasteiger partial charge >= 0.3 is 0 Å². The Kier molecular flexibility index (Phi) is 4.09. The Bertz CT molecular complexity index is 1290. The molecule has 148 valence electrons. The predicted molar refractivity (Wildman–Crippen MR) is 113 cm³/mol. The first-order chi connectivity index (χ1) is 14.0. The molecule has 5 rings (SSSR count). The van der Waals surface area contributed by atoms with Crippen LogP contribution < -0.4 is 15.8 Å². The molecule has 0 bridgehead atoms. The highest BCUT2D eigenvalue weighted by Gasteiger charge is 2.18. The summed E-state index contributed by atoms with van der Waals surface area (Å²) in [7, 11) is 0. The molecular formula is C21H23N7O. The highest BCUT2D eigenvalue weighted by molar-refractivity contribution is 5.63. The molecular weight excluding hydrogens is 366 g/mol. The fourth-order valence-corrected chi connectivity index (χ4v) is 3.96. The molecule has 1 fully saturated rings. The molecule has 8 nitrogen and oxygen atoms in total. The fraction of sp³-hybridized carbons (Fsp3) is 0.333. The monoisotopic (exact) mass is 389 g/mol. The topological polar surface area (TPSA) is 79.8 Å². The lowest BCUT2D eigenvalue weighted by Crippen LogP contribution is -2.49. The molecule has 1 N–H and O–H groups in total. The van der Waals surface area contributed by atoms with Crippen LogP contribution in [0, 0.1) is 13.8 Å². The van der Waals surface area contributed by atoms with E-state index >= 15 is 0 Å². The van der Waals surface area contributed by atoms with Gasteiger partial charge in [0.15, 0.2) is 5.65 Å². The predicted octanol–water partition coefficient (Wildman–Crippen LogP) is 1.82. The molecule has 29 heavy (non-hydrogen) atoms. The Morgan fingerprint density at radius 3 is 2.79 bits per heavy atom. The van der Waals surface area contributed by atoms with Crippen LogP contribution in [0.1, 0.15) is 18.2 Å². The maximum absolute atomic E-state index is 12.9. The first-order valence-corrected chi connectivity index (χ1v) is 9.84. The molecule has 1 saturated heterocycles. The lowest BCUT2D eigenvalue weighted by atomic mass is 10.2. The van der Waals surface area contributed by atoms with Gasteiger partial charge < -0.3 is 10.2 Å². The summed E-state index contributed by atoms with van der Waals surface area (Å²) >= 11 is 0. The molecule has 1 atom stereocenters. The van der Waals surface area contributed by atoms with Gasteiger partial charge in [0.25, 0.3) is 5.56 Å². The number of fused-ring (bicyclic) bond motifs is 2. The second-order valence-electron chi connectivity index (χ2n) is 7.76. The molecule has 4 aromatic rings. The maximum atomic E-state index is 12.9. The normalized spacial score (nSPS) is 17.3. The van der Waals surface area contributed by atoms with E-state index in [0.717, 1.165) is 42.2 Å². The van der Waals surface area contributed by atoms with Crippen molar-refractivity contribution in [3.8, 4) is 11.4 Å². The van der Waals surface area contributed by atoms with Crippen molar-refractivity contribution in [1.29, 1.82) is 0 Å². The zero-order valence-electron chi connectivity index (χ0n) is 16.8. The molecule has 1 unspecified atom stereocenters. The van der Waals surface area contributed by atoms with Crippen molar-refractivity contribution in [2.75, 3.05) is 24.5 Å². The minimum absolute atomic E-state index is 0.109. The van der Waals surface area contributed by atoms with E-state index in [-0.39, 0.29) is 5.56 Å². The van der Waals surface area contributed by atoms with Crippen molar-refractivity contribution in [2.45, 2.75) is 26.8 Å². The Hall–Kier alpha value is -3.26. The van der Waals surface area contributed by atoms with E-state index in [1.54, 1.807) is 15.0 Å². The van der Waals surface area contributed by atoms with E-state index in [2.05, 4.69) is 33.3 Å². The van der Waals surface area contributed by atoms with E-state index in [1.807, 2.05) is 38.4 Å². The second-order valence-corrected chi connectivity index (χ2v) is 7.76. The summed E-state index contributed by atoms with van der Waals surface area (Å²) in [5.41, 5.74) is 5.44. The zero-order chi connectivity index (χ0) is 20.1. The molecule has 0 aliphatic carbocycles. The SMILES string of the molecule is Cc1cn2nc(-c3cc(=O)n4cc(N5CCNC(C)C5)cc(C)c4n3)ccc2n1. The van der Waals surface area contributed by atoms with Gasteiger partial charge in [0.1, 0.15) is 11.3 Å². The van der Waals surface area contributed by atoms with E-state index in [1.165, 1.54) is 0 Å². The Morgan fingerprint density at radius 1 is 1.10 bits per heavy atom. The van der Waals surface area contributed by atoms with E-state index in [0.29, 0.717) is 23.1 Å². The smallest absolute Gasteiger partial charge is 0.258 e. The molecule has 8 heteroatoms. The summed E-state index contributed by atoms with van der Waals surface area (Å²) in [6, 6.07) is 7.82. The summed E-state index contributed by atoms with van der Waals surface area (Å²) in [6.45, 7) is 8.87. The van der Waals surface area contributed by atoms with Gasteiger partial charge in [0.2, 0.25) is 0 Å². The maximum Gasteiger partial charge on any atom is 0.258 e. The first-order valence-electron chi connectivity index (χ1n) is 9.84. The summed E-state index contributed by atoms with van der Waals surface area (Å²) in [4.78, 5) is 24.4. The first kappa shape index (κ1) is 17.8. The third-order valence-corrected chi connectivity index (χ3v) is 5.37. The van der Waals surface area contributed by atoms with Crippen molar-refractivity contribution in [1.82, 2.24) is 29.3 Å². The fourth-order valence-electron chi connectivity index (χ4n) is 3.96. The number of hydrogen-bond acceptors (Lipinski definition) is 6. The van der Waals surface area contributed by atoms with Crippen LogP contribution >= 0.6 is 0 Å². The van der Waals surface area contributed by atoms with E-state index in [9.17, 15) is 4.79 Å². The standard InChI is InChI=1S/C21H23N7O/c1-13-8-16(26-7-6-22-14(2)10-26)12-27-20(29)9-18(24-21(13)27)17-4-5-19-23-15(3)11-28(19)25-17/h4-5,8-9,11-12,14,22H,6-7,10H2,1-3H3. The number of hydrogen-bond donors (Lipinski definition) is 1. The van der Waals surface area contributed by atoms with Gasteiger partial charge in [-0.15, -0.1) is 0 Å². The van der Waals surface area contributed by atoms with Gasteiger partial charge in [0.05, 0.1) is 23.3 Å². The molecule has 0 radical (unpaired) electrons. The Morgan fingerprint density at radius 2 is 1.97 bits per heavy atom. The number of rotatable bonds is 2. The van der Waals surface area contributed by atoms with Gasteiger partial charge in [-0.2, -0.15) is 5.10 Å². The highest BCUT2D eigenvalue weighted by atomic mass is 16.1. The van der Waals surface area contributed by atoms with Crippen LogP contribution in [0.4, 0.5) is 5.69 Å². The van der Waals surface area contributed by atoms with Gasteiger partial charge in [-0.3, -0.25) is 9.20 Å². The van der Waals surface area contributed by atoms with Crippen LogP contribution in [0.25, 0.3) is 22.7 Å². The minimum Gasteiger partial charge on any atom is -0.368 e. The molecule has 0 aromatic carbocycles. The number of pyridine rings is 1. The molecule has 4 aromatic heterocycles. The van der Waals surface area contributed by atoms with Gasteiger partial charge in [-0.1, -0.05) is 0 Å². The molecule has 1 aliphatic heterocycles. The van der Waals surface area contributed by atoms with Gasteiger partial charge in [0, 0.05) is 37.9 Å². The third kappa shape index (κ3) is 3.15. The number of piperazine rings is 1. The summed E-state index contributed by atoms with van der Waals surface area (Å²) in [6.07, 6.45) is 3.76.